The molecule has 0 heterocycles. The maximum Gasteiger partial charge on any atom is 0.0712 e. The molecule has 0 nitrogen and oxygen atoms in total. The van der Waals surface area contributed by atoms with Gasteiger partial charge in [-0.25, -0.2) is 0 Å². The van der Waals surface area contributed by atoms with E-state index in [1.165, 1.54) is 50.1 Å². The van der Waals surface area contributed by atoms with Gasteiger partial charge in [-0.3, -0.25) is 0 Å². The number of hydrogen-bond acceptors (Lipinski definition) is 0. The van der Waals surface area contributed by atoms with Crippen molar-refractivity contribution in [3.8, 4) is 0 Å². The van der Waals surface area contributed by atoms with Gasteiger partial charge < -0.3 is 0 Å². The number of benzene rings is 4. The van der Waals surface area contributed by atoms with Crippen molar-refractivity contribution in [3.05, 3.63) is 141 Å². The molecule has 0 aromatic heterocycles. The fraction of sp³-hybridized carbons (Fsp3) is 0.200. The van der Waals surface area contributed by atoms with Crippen LogP contribution < -0.4 is 0 Å². The molecule has 0 amide bonds. The molecule has 4 aromatic carbocycles. The van der Waals surface area contributed by atoms with E-state index >= 15 is 0 Å². The fourth-order valence-corrected chi connectivity index (χ4v) is 5.86. The number of hydrogen-bond donors (Lipinski definition) is 0. The third kappa shape index (κ3) is 2.28. The van der Waals surface area contributed by atoms with Gasteiger partial charge in [-0.2, -0.15) is 0 Å². The van der Waals surface area contributed by atoms with E-state index < -0.39 is 0 Å². The summed E-state index contributed by atoms with van der Waals surface area (Å²) in [5, 5.41) is 0. The third-order valence-corrected chi connectivity index (χ3v) is 7.23. The molecule has 146 valence electrons. The van der Waals surface area contributed by atoms with Gasteiger partial charge >= 0.3 is 0 Å². The smallest absolute Gasteiger partial charge is 0.0620 e. The lowest BCUT2D eigenvalue weighted by Gasteiger charge is -2.46. The van der Waals surface area contributed by atoms with E-state index in [2.05, 4.69) is 105 Å². The third-order valence-electron chi connectivity index (χ3n) is 7.23. The Hall–Kier alpha value is -3.12. The molecule has 0 radical (unpaired) electrons. The predicted molar refractivity (Wildman–Crippen MR) is 124 cm³/mol. The van der Waals surface area contributed by atoms with Crippen molar-refractivity contribution in [2.45, 2.75) is 38.0 Å². The molecule has 0 atom stereocenters. The van der Waals surface area contributed by atoms with Crippen molar-refractivity contribution < 1.29 is 0 Å². The first kappa shape index (κ1) is 17.7. The molecule has 0 saturated carbocycles. The lowest BCUT2D eigenvalue weighted by molar-refractivity contribution is 0.667. The average molecular weight is 387 g/mol. The largest absolute Gasteiger partial charge is 0.0712 e. The van der Waals surface area contributed by atoms with E-state index in [4.69, 9.17) is 0 Å². The van der Waals surface area contributed by atoms with E-state index in [1.807, 2.05) is 0 Å². The molecule has 0 bridgehead atoms. The van der Waals surface area contributed by atoms with E-state index in [1.54, 1.807) is 0 Å². The standard InChI is InChI=1S/C30H26/c1-20(2)21-15-16-25-18-24-11-5-8-14-28(24)30(29(25)19-21)26-12-6-3-9-22(26)17-23-10-4-7-13-27(23)30/h3-16,19-20H,17-18H2,1-2H3. The van der Waals surface area contributed by atoms with Gasteiger partial charge in [-0.15, -0.1) is 0 Å². The Morgan fingerprint density at radius 2 is 0.967 bits per heavy atom. The molecule has 2 aliphatic carbocycles. The molecule has 6 rings (SSSR count). The minimum atomic E-state index is -0.236. The van der Waals surface area contributed by atoms with Crippen molar-refractivity contribution in [1.29, 1.82) is 0 Å². The number of fused-ring (bicyclic) bond motifs is 8. The molecule has 30 heavy (non-hydrogen) atoms. The maximum atomic E-state index is 2.51. The SMILES string of the molecule is CC(C)c1ccc2c(c1)C1(c3ccccc3Cc3ccccc31)c1ccccc1C2. The second-order valence-electron chi connectivity index (χ2n) is 9.15. The van der Waals surface area contributed by atoms with E-state index in [-0.39, 0.29) is 5.41 Å². The van der Waals surface area contributed by atoms with Gasteiger partial charge in [-0.1, -0.05) is 105 Å². The van der Waals surface area contributed by atoms with E-state index in [0.717, 1.165) is 12.8 Å². The van der Waals surface area contributed by atoms with Gasteiger partial charge in [0.05, 0.1) is 5.41 Å². The summed E-state index contributed by atoms with van der Waals surface area (Å²) in [4.78, 5) is 0. The van der Waals surface area contributed by atoms with Gasteiger partial charge in [0, 0.05) is 0 Å². The molecule has 0 N–H and O–H groups in total. The van der Waals surface area contributed by atoms with Crippen LogP contribution in [0.25, 0.3) is 0 Å². The quantitative estimate of drug-likeness (QED) is 0.285. The predicted octanol–water partition coefficient (Wildman–Crippen LogP) is 7.00. The minimum Gasteiger partial charge on any atom is -0.0620 e. The van der Waals surface area contributed by atoms with Gasteiger partial charge in [-0.05, 0) is 68.8 Å². The van der Waals surface area contributed by atoms with Gasteiger partial charge in [0.25, 0.3) is 0 Å². The summed E-state index contributed by atoms with van der Waals surface area (Å²) in [6.07, 6.45) is 2.02. The Morgan fingerprint density at radius 1 is 0.533 bits per heavy atom. The van der Waals surface area contributed by atoms with Crippen LogP contribution in [0.3, 0.4) is 0 Å². The molecule has 0 unspecified atom stereocenters. The highest BCUT2D eigenvalue weighted by molar-refractivity contribution is 5.71. The summed E-state index contributed by atoms with van der Waals surface area (Å²) in [7, 11) is 0. The lowest BCUT2D eigenvalue weighted by Crippen LogP contribution is -2.40. The van der Waals surface area contributed by atoms with Crippen molar-refractivity contribution in [1.82, 2.24) is 0 Å². The molecule has 1 spiro atoms. The van der Waals surface area contributed by atoms with Crippen LogP contribution in [0.4, 0.5) is 0 Å². The molecular weight excluding hydrogens is 360 g/mol. The fourth-order valence-electron chi connectivity index (χ4n) is 5.86. The summed E-state index contributed by atoms with van der Waals surface area (Å²) < 4.78 is 0. The van der Waals surface area contributed by atoms with Crippen LogP contribution in [0.2, 0.25) is 0 Å². The van der Waals surface area contributed by atoms with Gasteiger partial charge in [0.2, 0.25) is 0 Å². The average Bonchev–Trinajstić information content (AvgIpc) is 2.78. The molecule has 2 aliphatic rings. The first-order valence-electron chi connectivity index (χ1n) is 11.1. The van der Waals surface area contributed by atoms with Crippen LogP contribution in [0, 0.1) is 0 Å². The Bertz CT molecular complexity index is 1170. The van der Waals surface area contributed by atoms with Crippen molar-refractivity contribution in [2.24, 2.45) is 0 Å². The Morgan fingerprint density at radius 3 is 1.43 bits per heavy atom. The Kier molecular flexibility index (Phi) is 3.80. The Balaban J connectivity index is 1.82. The van der Waals surface area contributed by atoms with Crippen LogP contribution in [-0.2, 0) is 18.3 Å². The molecule has 0 heteroatoms. The normalized spacial score (nSPS) is 15.3. The maximum absolute atomic E-state index is 2.51. The first-order valence-corrected chi connectivity index (χ1v) is 11.1. The summed E-state index contributed by atoms with van der Waals surface area (Å²) >= 11 is 0. The van der Waals surface area contributed by atoms with E-state index in [9.17, 15) is 0 Å². The highest BCUT2D eigenvalue weighted by Crippen LogP contribution is 2.55. The van der Waals surface area contributed by atoms with Gasteiger partial charge in [0.15, 0.2) is 0 Å². The topological polar surface area (TPSA) is 0 Å². The van der Waals surface area contributed by atoms with Gasteiger partial charge in [0.1, 0.15) is 0 Å². The highest BCUT2D eigenvalue weighted by atomic mass is 14.5. The van der Waals surface area contributed by atoms with Crippen LogP contribution in [0.15, 0.2) is 91.0 Å². The molecular formula is C30H26. The number of rotatable bonds is 1. The zero-order chi connectivity index (χ0) is 20.3. The van der Waals surface area contributed by atoms with E-state index in [0.29, 0.717) is 5.92 Å². The second kappa shape index (κ2) is 6.44. The summed E-state index contributed by atoms with van der Waals surface area (Å²) in [6.45, 7) is 4.60. The van der Waals surface area contributed by atoms with Crippen LogP contribution in [0.5, 0.6) is 0 Å². The van der Waals surface area contributed by atoms with Crippen LogP contribution in [0.1, 0.15) is 69.8 Å². The van der Waals surface area contributed by atoms with Crippen LogP contribution >= 0.6 is 0 Å². The van der Waals surface area contributed by atoms with Crippen molar-refractivity contribution >= 4 is 0 Å². The molecule has 0 saturated heterocycles. The monoisotopic (exact) mass is 386 g/mol. The van der Waals surface area contributed by atoms with Crippen molar-refractivity contribution in [2.75, 3.05) is 0 Å². The molecule has 4 aromatic rings. The van der Waals surface area contributed by atoms with Crippen LogP contribution in [-0.4, -0.2) is 0 Å². The minimum absolute atomic E-state index is 0.236. The Labute approximate surface area is 179 Å². The highest BCUT2D eigenvalue weighted by Gasteiger charge is 2.47. The molecule has 0 aliphatic heterocycles. The molecule has 0 fully saturated rings. The van der Waals surface area contributed by atoms with Crippen molar-refractivity contribution in [3.63, 3.8) is 0 Å². The summed E-state index contributed by atoms with van der Waals surface area (Å²) in [6, 6.07) is 34.6. The first-order chi connectivity index (χ1) is 14.7. The lowest BCUT2D eigenvalue weighted by atomic mass is 9.55. The summed E-state index contributed by atoms with van der Waals surface area (Å²) in [5.74, 6) is 0.513. The zero-order valence-corrected chi connectivity index (χ0v) is 17.7. The second-order valence-corrected chi connectivity index (χ2v) is 9.15. The zero-order valence-electron chi connectivity index (χ0n) is 17.7. The summed E-state index contributed by atoms with van der Waals surface area (Å²) in [5.41, 5.74) is 12.9.